The summed E-state index contributed by atoms with van der Waals surface area (Å²) in [7, 11) is 0. The number of nitrogens with zero attached hydrogens (tertiary/aromatic N) is 3. The lowest BCUT2D eigenvalue weighted by Crippen LogP contribution is -2.03. The van der Waals surface area contributed by atoms with E-state index in [0.717, 1.165) is 22.3 Å². The first kappa shape index (κ1) is 19.8. The smallest absolute Gasteiger partial charge is 0.164 e. The van der Waals surface area contributed by atoms with E-state index in [1.165, 1.54) is 18.5 Å². The summed E-state index contributed by atoms with van der Waals surface area (Å²) in [6, 6.07) is 18.0. The fraction of sp³-hybridized carbons (Fsp3) is 0.208. The van der Waals surface area contributed by atoms with Gasteiger partial charge in [-0.1, -0.05) is 32.0 Å². The molecule has 2 aromatic heterocycles. The summed E-state index contributed by atoms with van der Waals surface area (Å²) >= 11 is 0. The second kappa shape index (κ2) is 8.45. The van der Waals surface area contributed by atoms with E-state index >= 15 is 0 Å². The molecule has 2 aromatic carbocycles. The number of fused-ring (bicyclic) bond motifs is 1. The van der Waals surface area contributed by atoms with Crippen molar-refractivity contribution >= 4 is 22.5 Å². The molecule has 4 aromatic rings. The lowest BCUT2D eigenvalue weighted by molar-refractivity contribution is 0.227. The first-order valence-corrected chi connectivity index (χ1v) is 9.90. The maximum atomic E-state index is 13.1. The summed E-state index contributed by atoms with van der Waals surface area (Å²) in [5.41, 5.74) is 3.41. The van der Waals surface area contributed by atoms with Gasteiger partial charge in [0.2, 0.25) is 0 Å². The molecule has 0 saturated carbocycles. The van der Waals surface area contributed by atoms with Crippen molar-refractivity contribution in [1.29, 1.82) is 0 Å². The van der Waals surface area contributed by atoms with Gasteiger partial charge in [-0.15, -0.1) is 0 Å². The topological polar surface area (TPSA) is 59.9 Å². The number of rotatable bonds is 6. The van der Waals surface area contributed by atoms with Gasteiger partial charge in [0.1, 0.15) is 29.8 Å². The van der Waals surface area contributed by atoms with Crippen molar-refractivity contribution in [3.63, 3.8) is 0 Å². The van der Waals surface area contributed by atoms with Crippen molar-refractivity contribution < 1.29 is 9.13 Å². The number of hydrogen-bond donors (Lipinski definition) is 1. The molecule has 6 heteroatoms. The largest absolute Gasteiger partial charge is 0.486 e. The first-order chi connectivity index (χ1) is 14.5. The summed E-state index contributed by atoms with van der Waals surface area (Å²) in [5, 5.41) is 4.19. The SMILES string of the molecule is CC(C)c1ccc2c(Nc3cccc(OC(C)c4ccc(F)cc4)c3)ncnc2n1. The van der Waals surface area contributed by atoms with Gasteiger partial charge in [-0.25, -0.2) is 19.3 Å². The van der Waals surface area contributed by atoms with Crippen molar-refractivity contribution in [2.75, 3.05) is 5.32 Å². The van der Waals surface area contributed by atoms with E-state index in [9.17, 15) is 4.39 Å². The molecule has 1 N–H and O–H groups in total. The Hall–Kier alpha value is -3.54. The molecule has 2 heterocycles. The van der Waals surface area contributed by atoms with Crippen LogP contribution in [-0.2, 0) is 0 Å². The second-order valence-corrected chi connectivity index (χ2v) is 7.45. The third-order valence-electron chi connectivity index (χ3n) is 4.86. The zero-order valence-corrected chi connectivity index (χ0v) is 17.1. The van der Waals surface area contributed by atoms with Gasteiger partial charge in [-0.05, 0) is 54.8 Å². The molecule has 30 heavy (non-hydrogen) atoms. The summed E-state index contributed by atoms with van der Waals surface area (Å²) in [6.45, 7) is 6.14. The molecule has 1 atom stereocenters. The van der Waals surface area contributed by atoms with Crippen LogP contribution >= 0.6 is 0 Å². The molecule has 0 aliphatic rings. The number of nitrogens with one attached hydrogen (secondary N) is 1. The number of ether oxygens (including phenoxy) is 1. The number of halogens is 1. The fourth-order valence-corrected chi connectivity index (χ4v) is 3.17. The third-order valence-corrected chi connectivity index (χ3v) is 4.86. The first-order valence-electron chi connectivity index (χ1n) is 9.90. The van der Waals surface area contributed by atoms with Gasteiger partial charge < -0.3 is 10.1 Å². The average Bonchev–Trinajstić information content (AvgIpc) is 2.74. The van der Waals surface area contributed by atoms with Crippen molar-refractivity contribution in [2.45, 2.75) is 32.8 Å². The fourth-order valence-electron chi connectivity index (χ4n) is 3.17. The van der Waals surface area contributed by atoms with E-state index in [2.05, 4.69) is 34.1 Å². The highest BCUT2D eigenvalue weighted by Crippen LogP contribution is 2.28. The van der Waals surface area contributed by atoms with Gasteiger partial charge in [0.25, 0.3) is 0 Å². The molecule has 152 valence electrons. The highest BCUT2D eigenvalue weighted by Gasteiger charge is 2.10. The molecule has 0 aliphatic carbocycles. The van der Waals surface area contributed by atoms with E-state index in [4.69, 9.17) is 4.74 Å². The molecule has 0 amide bonds. The predicted molar refractivity (Wildman–Crippen MR) is 117 cm³/mol. The number of anilines is 2. The summed E-state index contributed by atoms with van der Waals surface area (Å²) < 4.78 is 19.2. The molecular weight excluding hydrogens is 379 g/mol. The van der Waals surface area contributed by atoms with Gasteiger partial charge in [0.05, 0.1) is 5.39 Å². The van der Waals surface area contributed by atoms with Crippen LogP contribution in [0.5, 0.6) is 5.75 Å². The Balaban J connectivity index is 1.55. The van der Waals surface area contributed by atoms with Crippen LogP contribution < -0.4 is 10.1 Å². The van der Waals surface area contributed by atoms with Crippen LogP contribution in [-0.4, -0.2) is 15.0 Å². The maximum absolute atomic E-state index is 13.1. The summed E-state index contributed by atoms with van der Waals surface area (Å²) in [4.78, 5) is 13.3. The minimum Gasteiger partial charge on any atom is -0.486 e. The highest BCUT2D eigenvalue weighted by molar-refractivity contribution is 5.88. The summed E-state index contributed by atoms with van der Waals surface area (Å²) in [5.74, 6) is 1.46. The van der Waals surface area contributed by atoms with Crippen molar-refractivity contribution in [2.24, 2.45) is 0 Å². The minimum atomic E-state index is -0.260. The number of benzene rings is 2. The Kier molecular flexibility index (Phi) is 5.57. The van der Waals surface area contributed by atoms with E-state index in [1.54, 1.807) is 12.1 Å². The molecule has 0 saturated heterocycles. The Bertz CT molecular complexity index is 1160. The monoisotopic (exact) mass is 402 g/mol. The van der Waals surface area contributed by atoms with Crippen LogP contribution in [0.3, 0.4) is 0 Å². The zero-order valence-electron chi connectivity index (χ0n) is 17.1. The Morgan fingerprint density at radius 1 is 0.933 bits per heavy atom. The highest BCUT2D eigenvalue weighted by atomic mass is 19.1. The Morgan fingerprint density at radius 2 is 1.73 bits per heavy atom. The normalized spacial score (nSPS) is 12.2. The van der Waals surface area contributed by atoms with Gasteiger partial charge in [0.15, 0.2) is 5.65 Å². The molecule has 0 aliphatic heterocycles. The third kappa shape index (κ3) is 4.38. The van der Waals surface area contributed by atoms with Gasteiger partial charge in [-0.3, -0.25) is 0 Å². The zero-order chi connectivity index (χ0) is 21.1. The molecule has 1 unspecified atom stereocenters. The van der Waals surface area contributed by atoms with E-state index in [0.29, 0.717) is 23.1 Å². The van der Waals surface area contributed by atoms with Crippen molar-refractivity contribution in [3.8, 4) is 5.75 Å². The molecule has 0 radical (unpaired) electrons. The van der Waals surface area contributed by atoms with Gasteiger partial charge in [0, 0.05) is 17.4 Å². The number of aromatic nitrogens is 3. The lowest BCUT2D eigenvalue weighted by atomic mass is 10.1. The standard InChI is InChI=1S/C24H23FN4O/c1-15(2)22-12-11-21-23(26-14-27-24(21)29-22)28-19-5-4-6-20(13-19)30-16(3)17-7-9-18(25)10-8-17/h4-16H,1-3H3,(H,26,27,28,29). The van der Waals surface area contributed by atoms with Crippen LogP contribution in [0.25, 0.3) is 11.0 Å². The quantitative estimate of drug-likeness (QED) is 0.418. The Morgan fingerprint density at radius 3 is 2.50 bits per heavy atom. The lowest BCUT2D eigenvalue weighted by Gasteiger charge is -2.16. The molecule has 4 rings (SSSR count). The molecule has 0 bridgehead atoms. The van der Waals surface area contributed by atoms with Crippen molar-refractivity contribution in [1.82, 2.24) is 15.0 Å². The van der Waals surface area contributed by atoms with Crippen LogP contribution in [0, 0.1) is 5.82 Å². The number of hydrogen-bond acceptors (Lipinski definition) is 5. The predicted octanol–water partition coefficient (Wildman–Crippen LogP) is 6.17. The molecule has 0 fully saturated rings. The van der Waals surface area contributed by atoms with Crippen LogP contribution in [0.4, 0.5) is 15.9 Å². The van der Waals surface area contributed by atoms with Crippen LogP contribution in [0.15, 0.2) is 67.0 Å². The molecule has 0 spiro atoms. The molecule has 5 nitrogen and oxygen atoms in total. The minimum absolute atomic E-state index is 0.209. The van der Waals surface area contributed by atoms with Crippen LogP contribution in [0.1, 0.15) is 44.1 Å². The van der Waals surface area contributed by atoms with E-state index in [-0.39, 0.29) is 11.9 Å². The second-order valence-electron chi connectivity index (χ2n) is 7.45. The van der Waals surface area contributed by atoms with Crippen LogP contribution in [0.2, 0.25) is 0 Å². The molecular formula is C24H23FN4O. The Labute approximate surface area is 175 Å². The van der Waals surface area contributed by atoms with Gasteiger partial charge >= 0.3 is 0 Å². The van der Waals surface area contributed by atoms with Gasteiger partial charge in [-0.2, -0.15) is 0 Å². The van der Waals surface area contributed by atoms with E-state index < -0.39 is 0 Å². The average molecular weight is 402 g/mol. The van der Waals surface area contributed by atoms with Crippen molar-refractivity contribution in [3.05, 3.63) is 84.1 Å². The maximum Gasteiger partial charge on any atom is 0.164 e. The van der Waals surface area contributed by atoms with E-state index in [1.807, 2.05) is 43.3 Å². The summed E-state index contributed by atoms with van der Waals surface area (Å²) in [6.07, 6.45) is 1.30. The number of pyridine rings is 1.